The van der Waals surface area contributed by atoms with E-state index in [0.29, 0.717) is 22.4 Å². The predicted octanol–water partition coefficient (Wildman–Crippen LogP) is 6.18. The summed E-state index contributed by atoms with van der Waals surface area (Å²) < 4.78 is 45.1. The lowest BCUT2D eigenvalue weighted by Gasteiger charge is -2.12. The summed E-state index contributed by atoms with van der Waals surface area (Å²) in [7, 11) is 0. The van der Waals surface area contributed by atoms with Crippen LogP contribution in [0.25, 0.3) is 0 Å². The molecule has 0 bridgehead atoms. The molecule has 0 atom stereocenters. The van der Waals surface area contributed by atoms with Gasteiger partial charge in [0, 0.05) is 20.3 Å². The molecule has 1 heterocycles. The van der Waals surface area contributed by atoms with E-state index in [1.54, 1.807) is 35.7 Å². The molecular weight excluding hydrogens is 481 g/mol. The Hall–Kier alpha value is -2.65. The van der Waals surface area contributed by atoms with Crippen molar-refractivity contribution in [2.24, 2.45) is 5.10 Å². The summed E-state index contributed by atoms with van der Waals surface area (Å²) in [5.41, 5.74) is 3.18. The lowest BCUT2D eigenvalue weighted by atomic mass is 10.1. The van der Waals surface area contributed by atoms with Crippen LogP contribution in [0.5, 0.6) is 5.75 Å². The van der Waals surface area contributed by atoms with E-state index < -0.39 is 11.7 Å². The van der Waals surface area contributed by atoms with E-state index in [2.05, 4.69) is 26.5 Å². The lowest BCUT2D eigenvalue weighted by Crippen LogP contribution is -2.16. The summed E-state index contributed by atoms with van der Waals surface area (Å²) in [6.07, 6.45) is -2.99. The van der Waals surface area contributed by atoms with Crippen LogP contribution in [0, 0.1) is 6.92 Å². The van der Waals surface area contributed by atoms with Gasteiger partial charge >= 0.3 is 6.18 Å². The van der Waals surface area contributed by atoms with Crippen LogP contribution in [-0.2, 0) is 12.8 Å². The molecule has 0 aliphatic rings. The minimum Gasteiger partial charge on any atom is -0.488 e. The van der Waals surface area contributed by atoms with Crippen LogP contribution in [-0.4, -0.2) is 12.1 Å². The van der Waals surface area contributed by atoms with Gasteiger partial charge < -0.3 is 4.74 Å². The van der Waals surface area contributed by atoms with Gasteiger partial charge in [0.1, 0.15) is 12.4 Å². The van der Waals surface area contributed by atoms with E-state index in [1.165, 1.54) is 23.6 Å². The second-order valence-electron chi connectivity index (χ2n) is 6.31. The molecule has 0 unspecified atom stereocenters. The molecule has 30 heavy (non-hydrogen) atoms. The normalized spacial score (nSPS) is 11.6. The molecule has 0 spiro atoms. The van der Waals surface area contributed by atoms with Crippen molar-refractivity contribution in [2.45, 2.75) is 19.7 Å². The fourth-order valence-corrected chi connectivity index (χ4v) is 3.60. The monoisotopic (exact) mass is 496 g/mol. The van der Waals surface area contributed by atoms with Gasteiger partial charge in [-0.05, 0) is 48.9 Å². The molecule has 156 valence electrons. The van der Waals surface area contributed by atoms with E-state index in [0.717, 1.165) is 21.5 Å². The molecule has 3 aromatic rings. The Labute approximate surface area is 183 Å². The number of nitrogens with one attached hydrogen (secondary N) is 1. The number of amides is 1. The average Bonchev–Trinajstić information content (AvgIpc) is 3.13. The molecule has 0 aliphatic heterocycles. The van der Waals surface area contributed by atoms with Gasteiger partial charge in [-0.15, -0.1) is 11.3 Å². The van der Waals surface area contributed by atoms with Crippen molar-refractivity contribution < 1.29 is 22.7 Å². The first-order valence-corrected chi connectivity index (χ1v) is 10.4. The zero-order chi connectivity index (χ0) is 21.7. The number of alkyl halides is 3. The van der Waals surface area contributed by atoms with Crippen molar-refractivity contribution >= 4 is 39.4 Å². The second kappa shape index (κ2) is 9.44. The highest BCUT2D eigenvalue weighted by Crippen LogP contribution is 2.30. The number of carbonyl (C=O) groups excluding carboxylic acids is 1. The number of aryl methyl sites for hydroxylation is 1. The van der Waals surface area contributed by atoms with Gasteiger partial charge in [0.15, 0.2) is 0 Å². The van der Waals surface area contributed by atoms with Gasteiger partial charge in [-0.3, -0.25) is 4.79 Å². The molecule has 1 aromatic heterocycles. The summed E-state index contributed by atoms with van der Waals surface area (Å²) >= 11 is 4.82. The first kappa shape index (κ1) is 22.0. The van der Waals surface area contributed by atoms with Crippen LogP contribution in [0.2, 0.25) is 0 Å². The number of benzene rings is 2. The van der Waals surface area contributed by atoms with E-state index in [1.807, 2.05) is 6.92 Å². The summed E-state index contributed by atoms with van der Waals surface area (Å²) in [5, 5.41) is 5.70. The third-order valence-corrected chi connectivity index (χ3v) is 5.34. The molecule has 0 aliphatic carbocycles. The van der Waals surface area contributed by atoms with E-state index in [4.69, 9.17) is 4.74 Å². The van der Waals surface area contributed by atoms with E-state index in [9.17, 15) is 18.0 Å². The minimum atomic E-state index is -4.41. The Bertz CT molecular complexity index is 1080. The highest BCUT2D eigenvalue weighted by Gasteiger charge is 2.30. The molecule has 2 aromatic carbocycles. The summed E-state index contributed by atoms with van der Waals surface area (Å²) in [6, 6.07) is 11.9. The van der Waals surface area contributed by atoms with Crippen molar-refractivity contribution in [1.82, 2.24) is 5.43 Å². The maximum Gasteiger partial charge on any atom is 0.416 e. The number of hydrogen-bond acceptors (Lipinski definition) is 4. The van der Waals surface area contributed by atoms with Crippen LogP contribution in [0.3, 0.4) is 0 Å². The zero-order valence-corrected chi connectivity index (χ0v) is 18.1. The lowest BCUT2D eigenvalue weighted by molar-refractivity contribution is -0.137. The maximum absolute atomic E-state index is 12.9. The SMILES string of the molecule is Cc1cc(C(=O)NN=Cc2cc(Br)ccc2OCc2cccc(C(F)(F)F)c2)cs1. The molecule has 0 saturated heterocycles. The van der Waals surface area contributed by atoms with Crippen molar-refractivity contribution in [3.8, 4) is 5.75 Å². The minimum absolute atomic E-state index is 0.0487. The van der Waals surface area contributed by atoms with Crippen molar-refractivity contribution in [2.75, 3.05) is 0 Å². The Balaban J connectivity index is 1.70. The van der Waals surface area contributed by atoms with Gasteiger partial charge in [-0.2, -0.15) is 18.3 Å². The maximum atomic E-state index is 12.9. The van der Waals surface area contributed by atoms with Gasteiger partial charge in [-0.1, -0.05) is 28.1 Å². The quantitative estimate of drug-likeness (QED) is 0.327. The molecule has 3 rings (SSSR count). The topological polar surface area (TPSA) is 50.7 Å². The smallest absolute Gasteiger partial charge is 0.416 e. The highest BCUT2D eigenvalue weighted by molar-refractivity contribution is 9.10. The van der Waals surface area contributed by atoms with Crippen molar-refractivity contribution in [3.63, 3.8) is 0 Å². The van der Waals surface area contributed by atoms with Crippen LogP contribution in [0.15, 0.2) is 63.5 Å². The Morgan fingerprint density at radius 1 is 1.23 bits per heavy atom. The molecule has 0 saturated carbocycles. The van der Waals surface area contributed by atoms with Gasteiger partial charge in [-0.25, -0.2) is 5.43 Å². The number of thiophene rings is 1. The van der Waals surface area contributed by atoms with Gasteiger partial charge in [0.05, 0.1) is 17.3 Å². The first-order valence-electron chi connectivity index (χ1n) is 8.69. The molecular formula is C21H16BrF3N2O2S. The molecule has 1 amide bonds. The molecule has 4 nitrogen and oxygen atoms in total. The Kier molecular flexibility index (Phi) is 6.94. The first-order chi connectivity index (χ1) is 14.2. The number of hydrazone groups is 1. The third kappa shape index (κ3) is 5.93. The van der Waals surface area contributed by atoms with Crippen molar-refractivity contribution in [3.05, 3.63) is 85.5 Å². The molecule has 9 heteroatoms. The second-order valence-corrected chi connectivity index (χ2v) is 8.35. The number of hydrogen-bond donors (Lipinski definition) is 1. The van der Waals surface area contributed by atoms with Gasteiger partial charge in [0.2, 0.25) is 0 Å². The number of rotatable bonds is 6. The molecule has 0 fully saturated rings. The summed E-state index contributed by atoms with van der Waals surface area (Å²) in [6.45, 7) is 1.85. The third-order valence-electron chi connectivity index (χ3n) is 3.98. The van der Waals surface area contributed by atoms with Crippen LogP contribution in [0.1, 0.15) is 31.9 Å². The average molecular weight is 497 g/mol. The fourth-order valence-electron chi connectivity index (χ4n) is 2.54. The van der Waals surface area contributed by atoms with E-state index in [-0.39, 0.29) is 12.5 Å². The van der Waals surface area contributed by atoms with Crippen LogP contribution >= 0.6 is 27.3 Å². The number of nitrogens with zero attached hydrogens (tertiary/aromatic N) is 1. The Morgan fingerprint density at radius 3 is 2.73 bits per heavy atom. The predicted molar refractivity (Wildman–Crippen MR) is 114 cm³/mol. The molecule has 0 radical (unpaired) electrons. The Morgan fingerprint density at radius 2 is 2.03 bits per heavy atom. The van der Waals surface area contributed by atoms with Crippen LogP contribution < -0.4 is 10.2 Å². The van der Waals surface area contributed by atoms with Crippen LogP contribution in [0.4, 0.5) is 13.2 Å². The number of ether oxygens (including phenoxy) is 1. The summed E-state index contributed by atoms with van der Waals surface area (Å²) in [5.74, 6) is 0.0806. The highest BCUT2D eigenvalue weighted by atomic mass is 79.9. The fraction of sp³-hybridized carbons (Fsp3) is 0.143. The largest absolute Gasteiger partial charge is 0.488 e. The molecule has 1 N–H and O–H groups in total. The summed E-state index contributed by atoms with van der Waals surface area (Å²) in [4.78, 5) is 13.1. The van der Waals surface area contributed by atoms with E-state index >= 15 is 0 Å². The zero-order valence-electron chi connectivity index (χ0n) is 15.7. The number of halogens is 4. The number of carbonyl (C=O) groups is 1. The standard InChI is InChI=1S/C21H16BrF3N2O2S/c1-13-7-16(12-30-13)20(28)27-26-10-15-9-18(22)5-6-19(15)29-11-14-3-2-4-17(8-14)21(23,24)25/h2-10,12H,11H2,1H3,(H,27,28). The van der Waals surface area contributed by atoms with Gasteiger partial charge in [0.25, 0.3) is 5.91 Å². The van der Waals surface area contributed by atoms with Crippen molar-refractivity contribution in [1.29, 1.82) is 0 Å².